The lowest BCUT2D eigenvalue weighted by Gasteiger charge is -2.28. The standard InChI is InChI=1S/C20H38N8O9/c1-8(29)13(26-12(32)7-21)17(34)28-15(10(3)31)18(35)27-14(9(2)30)16(33)25-11(19(36)37)5-4-6-24-20(22)23/h8-11,13-15,29-31H,4-7,21H2,1-3H3,(H,25,33)(H,26,32)(H,27,35)(H,28,34)(H,36,37)(H4,22,23,24)/t8-,9-,10-,11+,13+,14+,15+/m1/s1. The van der Waals surface area contributed by atoms with Crippen molar-refractivity contribution in [2.45, 2.75) is 76.1 Å². The summed E-state index contributed by atoms with van der Waals surface area (Å²) in [6.07, 6.45) is -4.30. The fraction of sp³-hybridized carbons (Fsp3) is 0.700. The van der Waals surface area contributed by atoms with Crippen LogP contribution in [0.5, 0.6) is 0 Å². The van der Waals surface area contributed by atoms with Gasteiger partial charge < -0.3 is 58.5 Å². The Bertz CT molecular complexity index is 822. The smallest absolute Gasteiger partial charge is 0.326 e. The van der Waals surface area contributed by atoms with Gasteiger partial charge in [-0.25, -0.2) is 4.79 Å². The average Bonchev–Trinajstić information content (AvgIpc) is 2.79. The van der Waals surface area contributed by atoms with Crippen LogP contribution in [-0.4, -0.2) is 112 Å². The van der Waals surface area contributed by atoms with Gasteiger partial charge in [0.05, 0.1) is 24.9 Å². The largest absolute Gasteiger partial charge is 0.480 e. The van der Waals surface area contributed by atoms with E-state index in [4.69, 9.17) is 16.9 Å². The summed E-state index contributed by atoms with van der Waals surface area (Å²) in [7, 11) is 0. The van der Waals surface area contributed by atoms with Gasteiger partial charge in [-0.2, -0.15) is 0 Å². The van der Waals surface area contributed by atoms with E-state index in [1.807, 2.05) is 0 Å². The molecule has 0 aromatic heterocycles. The lowest BCUT2D eigenvalue weighted by atomic mass is 10.1. The van der Waals surface area contributed by atoms with Crippen molar-refractivity contribution in [3.05, 3.63) is 0 Å². The van der Waals surface area contributed by atoms with Crippen molar-refractivity contribution in [3.63, 3.8) is 0 Å². The Morgan fingerprint density at radius 2 is 1.19 bits per heavy atom. The molecule has 4 amide bonds. The van der Waals surface area contributed by atoms with Crippen molar-refractivity contribution in [2.75, 3.05) is 13.1 Å². The van der Waals surface area contributed by atoms with Gasteiger partial charge >= 0.3 is 5.97 Å². The zero-order chi connectivity index (χ0) is 28.9. The predicted octanol–water partition coefficient (Wildman–Crippen LogP) is -5.63. The minimum Gasteiger partial charge on any atom is -0.480 e. The average molecular weight is 535 g/mol. The van der Waals surface area contributed by atoms with Gasteiger partial charge in [-0.05, 0) is 33.6 Å². The first-order valence-electron chi connectivity index (χ1n) is 11.4. The third-order valence-corrected chi connectivity index (χ3v) is 4.99. The van der Waals surface area contributed by atoms with Crippen LogP contribution in [0, 0.1) is 5.41 Å². The van der Waals surface area contributed by atoms with Crippen molar-refractivity contribution in [1.29, 1.82) is 5.41 Å². The van der Waals surface area contributed by atoms with Crippen molar-refractivity contribution in [2.24, 2.45) is 11.5 Å². The second kappa shape index (κ2) is 16.3. The lowest BCUT2D eigenvalue weighted by Crippen LogP contribution is -2.63. The maximum atomic E-state index is 12.8. The van der Waals surface area contributed by atoms with Crippen LogP contribution in [0.4, 0.5) is 0 Å². The molecule has 0 spiro atoms. The molecule has 212 valence electrons. The number of rotatable bonds is 16. The number of guanidine groups is 1. The quantitative estimate of drug-likeness (QED) is 0.0501. The highest BCUT2D eigenvalue weighted by Gasteiger charge is 2.35. The summed E-state index contributed by atoms with van der Waals surface area (Å²) in [4.78, 5) is 61.1. The van der Waals surface area contributed by atoms with Gasteiger partial charge in [0.25, 0.3) is 0 Å². The molecular formula is C20H38N8O9. The zero-order valence-corrected chi connectivity index (χ0v) is 20.9. The Balaban J connectivity index is 5.46. The van der Waals surface area contributed by atoms with E-state index < -0.39 is 78.6 Å². The second-order valence-corrected chi connectivity index (χ2v) is 8.33. The first-order chi connectivity index (χ1) is 17.1. The van der Waals surface area contributed by atoms with E-state index in [2.05, 4.69) is 26.6 Å². The van der Waals surface area contributed by atoms with E-state index in [1.54, 1.807) is 0 Å². The van der Waals surface area contributed by atoms with Gasteiger partial charge in [0.15, 0.2) is 5.96 Å². The summed E-state index contributed by atoms with van der Waals surface area (Å²) in [6.45, 7) is 3.18. The number of carboxylic acid groups (broad SMARTS) is 1. The molecule has 0 bridgehead atoms. The highest BCUT2D eigenvalue weighted by Crippen LogP contribution is 2.04. The van der Waals surface area contributed by atoms with Crippen LogP contribution >= 0.6 is 0 Å². The van der Waals surface area contributed by atoms with Gasteiger partial charge in [0.2, 0.25) is 23.6 Å². The second-order valence-electron chi connectivity index (χ2n) is 8.33. The molecule has 0 saturated carbocycles. The third kappa shape index (κ3) is 12.3. The molecule has 0 aromatic carbocycles. The summed E-state index contributed by atoms with van der Waals surface area (Å²) in [6, 6.07) is -6.28. The first kappa shape index (κ1) is 33.5. The molecule has 7 atom stereocenters. The molecule has 0 heterocycles. The number of aliphatic hydroxyl groups excluding tert-OH is 3. The van der Waals surface area contributed by atoms with Crippen LogP contribution in [0.3, 0.4) is 0 Å². The van der Waals surface area contributed by atoms with Gasteiger partial charge in [-0.3, -0.25) is 24.6 Å². The lowest BCUT2D eigenvalue weighted by molar-refractivity contribution is -0.143. The van der Waals surface area contributed by atoms with Crippen LogP contribution in [0.2, 0.25) is 0 Å². The molecule has 0 fully saturated rings. The van der Waals surface area contributed by atoms with Crippen molar-refractivity contribution < 1.29 is 44.4 Å². The molecule has 0 aliphatic heterocycles. The number of hydrogen-bond acceptors (Lipinski definition) is 10. The summed E-state index contributed by atoms with van der Waals surface area (Å²) in [5.74, 6) is -5.67. The van der Waals surface area contributed by atoms with Crippen LogP contribution < -0.4 is 38.1 Å². The third-order valence-electron chi connectivity index (χ3n) is 4.99. The van der Waals surface area contributed by atoms with Crippen LogP contribution in [0.25, 0.3) is 0 Å². The van der Waals surface area contributed by atoms with Crippen molar-refractivity contribution in [3.8, 4) is 0 Å². The maximum Gasteiger partial charge on any atom is 0.326 e. The number of carbonyl (C=O) groups is 5. The normalized spacial score (nSPS) is 16.5. The summed E-state index contributed by atoms with van der Waals surface area (Å²) < 4.78 is 0. The van der Waals surface area contributed by atoms with Gasteiger partial charge in [0, 0.05) is 6.54 Å². The Hall–Kier alpha value is -3.54. The van der Waals surface area contributed by atoms with Gasteiger partial charge in [-0.1, -0.05) is 0 Å². The molecule has 0 aliphatic carbocycles. The minimum absolute atomic E-state index is 0.0660. The molecule has 0 unspecified atom stereocenters. The van der Waals surface area contributed by atoms with Crippen LogP contribution in [0.15, 0.2) is 0 Å². The van der Waals surface area contributed by atoms with Crippen molar-refractivity contribution in [1.82, 2.24) is 26.6 Å². The van der Waals surface area contributed by atoms with E-state index in [9.17, 15) is 44.4 Å². The number of aliphatic hydroxyl groups is 3. The molecule has 37 heavy (non-hydrogen) atoms. The molecule has 17 nitrogen and oxygen atoms in total. The van der Waals surface area contributed by atoms with E-state index in [1.165, 1.54) is 6.92 Å². The summed E-state index contributed by atoms with van der Waals surface area (Å²) in [5, 5.41) is 57.5. The molecule has 0 saturated heterocycles. The molecule has 0 radical (unpaired) electrons. The maximum absolute atomic E-state index is 12.8. The number of carbonyl (C=O) groups excluding carboxylic acids is 4. The van der Waals surface area contributed by atoms with Gasteiger partial charge in [0.1, 0.15) is 24.2 Å². The summed E-state index contributed by atoms with van der Waals surface area (Å²) in [5.41, 5.74) is 10.3. The van der Waals surface area contributed by atoms with E-state index >= 15 is 0 Å². The number of nitrogens with one attached hydrogen (secondary N) is 6. The van der Waals surface area contributed by atoms with Gasteiger partial charge in [-0.15, -0.1) is 0 Å². The molecular weight excluding hydrogens is 496 g/mol. The van der Waals surface area contributed by atoms with E-state index in [0.717, 1.165) is 13.8 Å². The SMILES string of the molecule is C[C@@H](O)[C@H](NC(=O)CN)C(=O)N[C@H](C(=O)N[C@H](C(=O)N[C@@H](CCCNC(=N)N)C(=O)O)[C@@H](C)O)[C@@H](C)O. The van der Waals surface area contributed by atoms with Crippen molar-refractivity contribution >= 4 is 35.6 Å². The minimum atomic E-state index is -1.69. The number of hydrogen-bond donors (Lipinski definition) is 12. The molecule has 0 rings (SSSR count). The highest BCUT2D eigenvalue weighted by atomic mass is 16.4. The fourth-order valence-electron chi connectivity index (χ4n) is 2.98. The topological polar surface area (TPSA) is 302 Å². The Morgan fingerprint density at radius 3 is 1.54 bits per heavy atom. The zero-order valence-electron chi connectivity index (χ0n) is 20.9. The fourth-order valence-corrected chi connectivity index (χ4v) is 2.98. The van der Waals surface area contributed by atoms with E-state index in [0.29, 0.717) is 0 Å². The number of nitrogens with two attached hydrogens (primary N) is 2. The monoisotopic (exact) mass is 534 g/mol. The van der Waals surface area contributed by atoms with E-state index in [-0.39, 0.29) is 25.3 Å². The number of carboxylic acids is 1. The predicted molar refractivity (Wildman–Crippen MR) is 129 cm³/mol. The first-order valence-corrected chi connectivity index (χ1v) is 11.4. The van der Waals surface area contributed by atoms with Crippen LogP contribution in [-0.2, 0) is 24.0 Å². The molecule has 0 aromatic rings. The Labute approximate surface area is 213 Å². The molecule has 0 aliphatic rings. The Kier molecular flexibility index (Phi) is 14.7. The highest BCUT2D eigenvalue weighted by molar-refractivity contribution is 5.95. The number of aliphatic carboxylic acids is 1. The number of amides is 4. The summed E-state index contributed by atoms with van der Waals surface area (Å²) >= 11 is 0. The Morgan fingerprint density at radius 1 is 0.784 bits per heavy atom. The van der Waals surface area contributed by atoms with Crippen LogP contribution in [0.1, 0.15) is 33.6 Å². The molecule has 14 N–H and O–H groups in total. The molecule has 17 heteroatoms.